The lowest BCUT2D eigenvalue weighted by Crippen LogP contribution is -2.39. The lowest BCUT2D eigenvalue weighted by Gasteiger charge is -2.27. The first-order valence-electron chi connectivity index (χ1n) is 9.27. The Balaban J connectivity index is 1.69. The molecule has 0 bridgehead atoms. The van der Waals surface area contributed by atoms with Gasteiger partial charge in [0.25, 0.3) is 5.91 Å². The normalized spacial score (nSPS) is 13.2. The van der Waals surface area contributed by atoms with Gasteiger partial charge in [-0.3, -0.25) is 14.3 Å². The SMILES string of the molecule is COc1cc(CC(=O)N2CCn3nc(C(=O)NC(C)C)cc3C2)cc(OC)c1. The van der Waals surface area contributed by atoms with Crippen LogP contribution in [0.4, 0.5) is 0 Å². The maximum Gasteiger partial charge on any atom is 0.271 e. The maximum atomic E-state index is 12.8. The van der Waals surface area contributed by atoms with E-state index in [1.54, 1.807) is 35.9 Å². The Bertz CT molecular complexity index is 853. The fraction of sp³-hybridized carbons (Fsp3) is 0.450. The van der Waals surface area contributed by atoms with Crippen molar-refractivity contribution in [3.63, 3.8) is 0 Å². The number of methoxy groups -OCH3 is 2. The summed E-state index contributed by atoms with van der Waals surface area (Å²) in [4.78, 5) is 26.7. The molecule has 3 rings (SSSR count). The molecule has 1 aromatic heterocycles. The molecule has 1 aliphatic rings. The minimum absolute atomic E-state index is 0.0101. The summed E-state index contributed by atoms with van der Waals surface area (Å²) in [5.74, 6) is 1.12. The second kappa shape index (κ2) is 8.33. The number of carbonyl (C=O) groups excluding carboxylic acids is 2. The minimum atomic E-state index is -0.196. The average molecular weight is 386 g/mol. The van der Waals surface area contributed by atoms with E-state index < -0.39 is 0 Å². The second-order valence-corrected chi connectivity index (χ2v) is 7.09. The number of rotatable bonds is 6. The summed E-state index contributed by atoms with van der Waals surface area (Å²) < 4.78 is 12.3. The van der Waals surface area contributed by atoms with Crippen LogP contribution in [0.1, 0.15) is 35.6 Å². The van der Waals surface area contributed by atoms with E-state index in [2.05, 4.69) is 10.4 Å². The van der Waals surface area contributed by atoms with Gasteiger partial charge in [-0.15, -0.1) is 0 Å². The predicted molar refractivity (Wildman–Crippen MR) is 103 cm³/mol. The van der Waals surface area contributed by atoms with Crippen LogP contribution in [-0.4, -0.2) is 53.3 Å². The molecule has 8 nitrogen and oxygen atoms in total. The van der Waals surface area contributed by atoms with Gasteiger partial charge in [-0.05, 0) is 37.6 Å². The zero-order valence-corrected chi connectivity index (χ0v) is 16.7. The number of benzene rings is 1. The van der Waals surface area contributed by atoms with Gasteiger partial charge in [0.1, 0.15) is 11.5 Å². The topological polar surface area (TPSA) is 85.7 Å². The van der Waals surface area contributed by atoms with Gasteiger partial charge in [-0.2, -0.15) is 5.10 Å². The lowest BCUT2D eigenvalue weighted by atomic mass is 10.1. The van der Waals surface area contributed by atoms with Crippen molar-refractivity contribution in [2.24, 2.45) is 0 Å². The van der Waals surface area contributed by atoms with Crippen molar-refractivity contribution < 1.29 is 19.1 Å². The molecule has 8 heteroatoms. The number of nitrogens with one attached hydrogen (secondary N) is 1. The number of hydrogen-bond acceptors (Lipinski definition) is 5. The van der Waals surface area contributed by atoms with Gasteiger partial charge in [0.15, 0.2) is 5.69 Å². The highest BCUT2D eigenvalue weighted by Crippen LogP contribution is 2.23. The van der Waals surface area contributed by atoms with Gasteiger partial charge < -0.3 is 19.7 Å². The molecule has 1 aromatic carbocycles. The number of nitrogens with zero attached hydrogens (tertiary/aromatic N) is 3. The van der Waals surface area contributed by atoms with E-state index in [1.165, 1.54) is 0 Å². The highest BCUT2D eigenvalue weighted by Gasteiger charge is 2.24. The summed E-state index contributed by atoms with van der Waals surface area (Å²) in [6.07, 6.45) is 0.252. The van der Waals surface area contributed by atoms with E-state index in [0.717, 1.165) is 11.3 Å². The molecule has 0 saturated heterocycles. The molecule has 150 valence electrons. The van der Waals surface area contributed by atoms with Crippen LogP contribution in [0.5, 0.6) is 11.5 Å². The first kappa shape index (κ1) is 19.7. The van der Waals surface area contributed by atoms with Crippen LogP contribution in [0.15, 0.2) is 24.3 Å². The Morgan fingerprint density at radius 3 is 2.39 bits per heavy atom. The van der Waals surface area contributed by atoms with E-state index in [-0.39, 0.29) is 24.3 Å². The van der Waals surface area contributed by atoms with Crippen molar-refractivity contribution >= 4 is 11.8 Å². The molecule has 0 radical (unpaired) electrons. The largest absolute Gasteiger partial charge is 0.497 e. The molecule has 2 amide bonds. The standard InChI is InChI=1S/C20H26N4O4/c1-13(2)21-20(26)18-10-15-12-23(5-6-24(15)22-18)19(25)9-14-7-16(27-3)11-17(8-14)28-4/h7-8,10-11,13H,5-6,9,12H2,1-4H3,(H,21,26). The summed E-state index contributed by atoms with van der Waals surface area (Å²) in [6, 6.07) is 7.25. The fourth-order valence-electron chi connectivity index (χ4n) is 3.18. The summed E-state index contributed by atoms with van der Waals surface area (Å²) >= 11 is 0. The van der Waals surface area contributed by atoms with Crippen molar-refractivity contribution in [1.29, 1.82) is 0 Å². The van der Waals surface area contributed by atoms with Gasteiger partial charge in [0.05, 0.1) is 39.4 Å². The minimum Gasteiger partial charge on any atom is -0.497 e. The Hall–Kier alpha value is -3.03. The molecule has 1 N–H and O–H groups in total. The monoisotopic (exact) mass is 386 g/mol. The zero-order valence-electron chi connectivity index (χ0n) is 16.7. The van der Waals surface area contributed by atoms with Crippen molar-refractivity contribution in [1.82, 2.24) is 20.0 Å². The van der Waals surface area contributed by atoms with Crippen LogP contribution in [0.2, 0.25) is 0 Å². The molecule has 1 aliphatic heterocycles. The zero-order chi connectivity index (χ0) is 20.3. The summed E-state index contributed by atoms with van der Waals surface area (Å²) in [6.45, 7) is 5.36. The molecule has 0 spiro atoms. The number of hydrogen-bond donors (Lipinski definition) is 1. The van der Waals surface area contributed by atoms with Gasteiger partial charge >= 0.3 is 0 Å². The third kappa shape index (κ3) is 4.44. The Labute approximate surface area is 164 Å². The Morgan fingerprint density at radius 2 is 1.79 bits per heavy atom. The number of amides is 2. The molecule has 0 saturated carbocycles. The molecular weight excluding hydrogens is 360 g/mol. The summed E-state index contributed by atoms with van der Waals surface area (Å²) in [5, 5.41) is 7.20. The van der Waals surface area contributed by atoms with Crippen LogP contribution in [-0.2, 0) is 24.3 Å². The molecule has 2 aromatic rings. The predicted octanol–water partition coefficient (Wildman–Crippen LogP) is 1.62. The fourth-order valence-corrected chi connectivity index (χ4v) is 3.18. The van der Waals surface area contributed by atoms with Crippen LogP contribution < -0.4 is 14.8 Å². The summed E-state index contributed by atoms with van der Waals surface area (Å²) in [7, 11) is 3.17. The molecular formula is C20H26N4O4. The van der Waals surface area contributed by atoms with Crippen molar-refractivity contribution in [3.8, 4) is 11.5 Å². The number of carbonyl (C=O) groups is 2. The third-order valence-electron chi connectivity index (χ3n) is 4.57. The number of aromatic nitrogens is 2. The Morgan fingerprint density at radius 1 is 1.11 bits per heavy atom. The van der Waals surface area contributed by atoms with Crippen LogP contribution in [0.25, 0.3) is 0 Å². The maximum absolute atomic E-state index is 12.8. The summed E-state index contributed by atoms with van der Waals surface area (Å²) in [5.41, 5.74) is 2.07. The highest BCUT2D eigenvalue weighted by atomic mass is 16.5. The van der Waals surface area contributed by atoms with Crippen LogP contribution >= 0.6 is 0 Å². The second-order valence-electron chi connectivity index (χ2n) is 7.09. The molecule has 2 heterocycles. The first-order chi connectivity index (χ1) is 13.4. The molecule has 28 heavy (non-hydrogen) atoms. The van der Waals surface area contributed by atoms with E-state index in [0.29, 0.717) is 36.8 Å². The van der Waals surface area contributed by atoms with Gasteiger partial charge in [0, 0.05) is 18.7 Å². The average Bonchev–Trinajstić information content (AvgIpc) is 3.10. The molecule has 0 atom stereocenters. The van der Waals surface area contributed by atoms with Crippen molar-refractivity contribution in [3.05, 3.63) is 41.2 Å². The van der Waals surface area contributed by atoms with E-state index in [9.17, 15) is 9.59 Å². The Kier molecular flexibility index (Phi) is 5.87. The van der Waals surface area contributed by atoms with Gasteiger partial charge in [-0.25, -0.2) is 0 Å². The first-order valence-corrected chi connectivity index (χ1v) is 9.27. The smallest absolute Gasteiger partial charge is 0.271 e. The van der Waals surface area contributed by atoms with E-state index in [4.69, 9.17) is 9.47 Å². The highest BCUT2D eigenvalue weighted by molar-refractivity contribution is 5.92. The number of ether oxygens (including phenoxy) is 2. The van der Waals surface area contributed by atoms with Crippen LogP contribution in [0, 0.1) is 0 Å². The third-order valence-corrected chi connectivity index (χ3v) is 4.57. The molecule has 0 unspecified atom stereocenters. The van der Waals surface area contributed by atoms with Crippen LogP contribution in [0.3, 0.4) is 0 Å². The van der Waals surface area contributed by atoms with E-state index in [1.807, 2.05) is 26.0 Å². The van der Waals surface area contributed by atoms with Gasteiger partial charge in [-0.1, -0.05) is 0 Å². The molecule has 0 fully saturated rings. The van der Waals surface area contributed by atoms with Crippen molar-refractivity contribution in [2.45, 2.75) is 39.4 Å². The van der Waals surface area contributed by atoms with E-state index >= 15 is 0 Å². The molecule has 0 aliphatic carbocycles. The number of fused-ring (bicyclic) bond motifs is 1. The van der Waals surface area contributed by atoms with Crippen molar-refractivity contribution in [2.75, 3.05) is 20.8 Å². The van der Waals surface area contributed by atoms with Gasteiger partial charge in [0.2, 0.25) is 5.91 Å². The lowest BCUT2D eigenvalue weighted by molar-refractivity contribution is -0.132. The quantitative estimate of drug-likeness (QED) is 0.815.